The first-order valence-electron chi connectivity index (χ1n) is 6.93. The molecule has 2 aliphatic rings. The minimum Gasteiger partial charge on any atom is -0.478 e. The van der Waals surface area contributed by atoms with Crippen LogP contribution in [-0.4, -0.2) is 30.8 Å². The van der Waals surface area contributed by atoms with Crippen molar-refractivity contribution in [1.29, 1.82) is 0 Å². The van der Waals surface area contributed by atoms with Crippen LogP contribution in [-0.2, 0) is 24.5 Å². The van der Waals surface area contributed by atoms with Gasteiger partial charge in [0.15, 0.2) is 0 Å². The minimum absolute atomic E-state index is 0.651. The molecule has 0 aliphatic carbocycles. The number of hydroxylamine groups is 2. The fourth-order valence-electron chi connectivity index (χ4n) is 3.06. The quantitative estimate of drug-likeness (QED) is 0.734. The van der Waals surface area contributed by atoms with Crippen LogP contribution < -0.4 is 4.74 Å². The van der Waals surface area contributed by atoms with Gasteiger partial charge in [-0.1, -0.05) is 12.1 Å². The molecular weight excluding hydrogens is 252 g/mol. The Bertz CT molecular complexity index is 684. The van der Waals surface area contributed by atoms with Crippen molar-refractivity contribution in [2.75, 3.05) is 20.8 Å². The van der Waals surface area contributed by atoms with Crippen molar-refractivity contribution in [3.8, 4) is 5.75 Å². The van der Waals surface area contributed by atoms with Gasteiger partial charge in [0, 0.05) is 25.7 Å². The number of ether oxygens (including phenoxy) is 1. The van der Waals surface area contributed by atoms with Crippen LogP contribution in [0.3, 0.4) is 0 Å². The van der Waals surface area contributed by atoms with Gasteiger partial charge in [0.1, 0.15) is 12.5 Å². The summed E-state index contributed by atoms with van der Waals surface area (Å²) >= 11 is 0. The molecule has 4 rings (SSSR count). The number of nitrogens with zero attached hydrogens (tertiary/aromatic N) is 2. The van der Waals surface area contributed by atoms with Gasteiger partial charge < -0.3 is 4.74 Å². The lowest BCUT2D eigenvalue weighted by Crippen LogP contribution is -2.28. The van der Waals surface area contributed by atoms with E-state index in [4.69, 9.17) is 9.57 Å². The highest BCUT2D eigenvalue weighted by Gasteiger charge is 2.20. The van der Waals surface area contributed by atoms with Gasteiger partial charge in [0.2, 0.25) is 0 Å². The van der Waals surface area contributed by atoms with E-state index < -0.39 is 0 Å². The van der Waals surface area contributed by atoms with E-state index in [0.29, 0.717) is 13.3 Å². The number of fused-ring (bicyclic) bond motifs is 4. The molecule has 4 nitrogen and oxygen atoms in total. The Hall–Kier alpha value is -1.62. The summed E-state index contributed by atoms with van der Waals surface area (Å²) < 4.78 is 5.79. The van der Waals surface area contributed by atoms with Crippen LogP contribution in [0.2, 0.25) is 0 Å². The van der Waals surface area contributed by atoms with Crippen molar-refractivity contribution in [2.45, 2.75) is 19.7 Å². The summed E-state index contributed by atoms with van der Waals surface area (Å²) in [5, 5.41) is 4.43. The lowest BCUT2D eigenvalue weighted by atomic mass is 9.96. The fraction of sp³-hybridized carbons (Fsp3) is 0.375. The molecule has 0 fully saturated rings. The first-order chi connectivity index (χ1) is 9.70. The Kier molecular flexibility index (Phi) is 2.70. The molecule has 2 aromatic rings. The van der Waals surface area contributed by atoms with E-state index in [9.17, 15) is 0 Å². The van der Waals surface area contributed by atoms with E-state index in [2.05, 4.69) is 36.2 Å². The molecule has 0 spiro atoms. The van der Waals surface area contributed by atoms with Crippen LogP contribution in [0.25, 0.3) is 10.8 Å². The molecular formula is C16H18N2O2. The molecule has 0 saturated carbocycles. The van der Waals surface area contributed by atoms with E-state index in [0.717, 1.165) is 18.8 Å². The van der Waals surface area contributed by atoms with Gasteiger partial charge in [-0.2, -0.15) is 5.06 Å². The second-order valence-electron chi connectivity index (χ2n) is 5.73. The predicted octanol–water partition coefficient (Wildman–Crippen LogP) is 2.50. The molecule has 104 valence electrons. The first kappa shape index (κ1) is 12.1. The van der Waals surface area contributed by atoms with Crippen molar-refractivity contribution < 1.29 is 9.57 Å². The lowest BCUT2D eigenvalue weighted by molar-refractivity contribution is -0.167. The molecule has 2 aliphatic heterocycles. The fourth-order valence-corrected chi connectivity index (χ4v) is 3.06. The number of hydrogen-bond acceptors (Lipinski definition) is 4. The summed E-state index contributed by atoms with van der Waals surface area (Å²) in [6.45, 7) is 3.10. The second-order valence-corrected chi connectivity index (χ2v) is 5.73. The summed E-state index contributed by atoms with van der Waals surface area (Å²) in [5.41, 5.74) is 3.94. The Morgan fingerprint density at radius 2 is 1.95 bits per heavy atom. The summed E-state index contributed by atoms with van der Waals surface area (Å²) in [6.07, 6.45) is 0. The van der Waals surface area contributed by atoms with Gasteiger partial charge in [-0.25, -0.2) is 0 Å². The highest BCUT2D eigenvalue weighted by Crippen LogP contribution is 2.34. The summed E-state index contributed by atoms with van der Waals surface area (Å²) in [5.74, 6) is 1.02. The van der Waals surface area contributed by atoms with E-state index in [1.54, 1.807) is 0 Å². The molecule has 0 saturated heterocycles. The minimum atomic E-state index is 0.651. The van der Waals surface area contributed by atoms with Crippen LogP contribution in [0.5, 0.6) is 5.75 Å². The smallest absolute Gasteiger partial charge is 0.142 e. The first-order valence-corrected chi connectivity index (χ1v) is 6.93. The van der Waals surface area contributed by atoms with Crippen LogP contribution >= 0.6 is 0 Å². The number of benzene rings is 2. The molecule has 2 aromatic carbocycles. The largest absolute Gasteiger partial charge is 0.478 e. The highest BCUT2D eigenvalue weighted by atomic mass is 16.7. The van der Waals surface area contributed by atoms with Gasteiger partial charge in [0.05, 0.1) is 6.61 Å². The number of hydrogen-bond donors (Lipinski definition) is 0. The Morgan fingerprint density at radius 1 is 1.05 bits per heavy atom. The third kappa shape index (κ3) is 1.88. The maximum atomic E-state index is 5.79. The van der Waals surface area contributed by atoms with Crippen molar-refractivity contribution in [1.82, 2.24) is 9.96 Å². The molecule has 0 radical (unpaired) electrons. The standard InChI is InChI=1S/C16H18N2O2/c1-17-7-13-5-14-11(6-16(13)19-10-17)3-4-12-8-18(2)20-9-15(12)14/h3-6H,7-10H2,1-2H3. The molecule has 2 heterocycles. The third-order valence-electron chi connectivity index (χ3n) is 4.11. The average molecular weight is 270 g/mol. The highest BCUT2D eigenvalue weighted by molar-refractivity contribution is 5.89. The number of rotatable bonds is 0. The van der Waals surface area contributed by atoms with E-state index in [1.807, 2.05) is 12.1 Å². The summed E-state index contributed by atoms with van der Waals surface area (Å²) in [7, 11) is 4.05. The Labute approximate surface area is 118 Å². The van der Waals surface area contributed by atoms with Crippen LogP contribution in [0.4, 0.5) is 0 Å². The van der Waals surface area contributed by atoms with E-state index in [1.165, 1.54) is 27.5 Å². The Morgan fingerprint density at radius 3 is 2.85 bits per heavy atom. The van der Waals surface area contributed by atoms with Gasteiger partial charge in [-0.3, -0.25) is 9.74 Å². The lowest BCUT2D eigenvalue weighted by Gasteiger charge is -2.28. The van der Waals surface area contributed by atoms with Crippen LogP contribution in [0.15, 0.2) is 24.3 Å². The topological polar surface area (TPSA) is 24.9 Å². The third-order valence-corrected chi connectivity index (χ3v) is 4.11. The molecule has 0 bridgehead atoms. The van der Waals surface area contributed by atoms with E-state index >= 15 is 0 Å². The monoisotopic (exact) mass is 270 g/mol. The van der Waals surface area contributed by atoms with Gasteiger partial charge in [-0.05, 0) is 41.1 Å². The average Bonchev–Trinajstić information content (AvgIpc) is 2.44. The zero-order chi connectivity index (χ0) is 13.7. The predicted molar refractivity (Wildman–Crippen MR) is 77.2 cm³/mol. The van der Waals surface area contributed by atoms with Gasteiger partial charge in [0.25, 0.3) is 0 Å². The Balaban J connectivity index is 1.90. The maximum Gasteiger partial charge on any atom is 0.142 e. The van der Waals surface area contributed by atoms with Crippen molar-refractivity contribution in [3.63, 3.8) is 0 Å². The molecule has 0 unspecified atom stereocenters. The molecule has 4 heteroatoms. The second kappa shape index (κ2) is 4.45. The van der Waals surface area contributed by atoms with Gasteiger partial charge >= 0.3 is 0 Å². The van der Waals surface area contributed by atoms with Crippen molar-refractivity contribution in [2.24, 2.45) is 0 Å². The van der Waals surface area contributed by atoms with E-state index in [-0.39, 0.29) is 0 Å². The molecule has 0 aromatic heterocycles. The zero-order valence-corrected chi connectivity index (χ0v) is 11.8. The van der Waals surface area contributed by atoms with Gasteiger partial charge in [-0.15, -0.1) is 0 Å². The molecule has 0 N–H and O–H groups in total. The van der Waals surface area contributed by atoms with Crippen LogP contribution in [0, 0.1) is 0 Å². The van der Waals surface area contributed by atoms with Crippen molar-refractivity contribution in [3.05, 3.63) is 41.0 Å². The SMILES string of the molecule is CN1COc2cc3ccc4c(c3cc2C1)CON(C)C4. The molecule has 20 heavy (non-hydrogen) atoms. The normalized spacial score (nSPS) is 19.5. The zero-order valence-electron chi connectivity index (χ0n) is 11.8. The summed E-state index contributed by atoms with van der Waals surface area (Å²) in [6, 6.07) is 8.83. The van der Waals surface area contributed by atoms with Crippen LogP contribution in [0.1, 0.15) is 16.7 Å². The molecule has 0 amide bonds. The van der Waals surface area contributed by atoms with Crippen molar-refractivity contribution >= 4 is 10.8 Å². The maximum absolute atomic E-state index is 5.79. The molecule has 0 atom stereocenters. The summed E-state index contributed by atoms with van der Waals surface area (Å²) in [4.78, 5) is 7.84.